The lowest BCUT2D eigenvalue weighted by Gasteiger charge is -2.09. The predicted molar refractivity (Wildman–Crippen MR) is 68.9 cm³/mol. The van der Waals surface area contributed by atoms with Gasteiger partial charge in [0.1, 0.15) is 11.4 Å². The lowest BCUT2D eigenvalue weighted by Crippen LogP contribution is -2.11. The van der Waals surface area contributed by atoms with E-state index in [9.17, 15) is 14.9 Å². The second-order valence-corrected chi connectivity index (χ2v) is 3.59. The fourth-order valence-electron chi connectivity index (χ4n) is 1.35. The van der Waals surface area contributed by atoms with Gasteiger partial charge in [-0.2, -0.15) is 0 Å². The molecule has 0 aliphatic rings. The molecule has 0 spiro atoms. The van der Waals surface area contributed by atoms with Gasteiger partial charge in [0.05, 0.1) is 25.2 Å². The molecule has 0 amide bonds. The third-order valence-electron chi connectivity index (χ3n) is 2.19. The Hall–Kier alpha value is -2.84. The number of rotatable bonds is 5. The normalized spacial score (nSPS) is 10.8. The summed E-state index contributed by atoms with van der Waals surface area (Å²) < 4.78 is 9.90. The summed E-state index contributed by atoms with van der Waals surface area (Å²) in [6, 6.07) is 2.20. The molecule has 1 rings (SSSR count). The van der Waals surface area contributed by atoms with Crippen molar-refractivity contribution >= 4 is 17.5 Å². The Kier molecular flexibility index (Phi) is 4.84. The van der Waals surface area contributed by atoms with Crippen LogP contribution < -0.4 is 15.2 Å². The Morgan fingerprint density at radius 1 is 1.30 bits per heavy atom. The number of benzene rings is 1. The molecule has 9 nitrogen and oxygen atoms in total. The molecular formula is C11H13N3O6. The summed E-state index contributed by atoms with van der Waals surface area (Å²) in [5.74, 6) is -0.753. The largest absolute Gasteiger partial charge is 0.493 e. The van der Waals surface area contributed by atoms with E-state index in [0.717, 1.165) is 12.1 Å². The van der Waals surface area contributed by atoms with Crippen molar-refractivity contribution in [2.75, 3.05) is 14.2 Å². The van der Waals surface area contributed by atoms with Gasteiger partial charge in [0.25, 0.3) is 5.69 Å². The van der Waals surface area contributed by atoms with E-state index < -0.39 is 16.6 Å². The lowest BCUT2D eigenvalue weighted by molar-refractivity contribution is -0.385. The number of methoxy groups -OCH3 is 2. The standard InChI is InChI=1S/C11H13N3O6/c1-6(12)13-20-11(15)7-4-9(18-2)10(19-3)5-8(7)14(16)17/h4-5H,1-3H3,(H2,12,13). The van der Waals surface area contributed by atoms with Gasteiger partial charge in [-0.1, -0.05) is 5.16 Å². The van der Waals surface area contributed by atoms with E-state index in [1.54, 1.807) is 0 Å². The molecule has 108 valence electrons. The fourth-order valence-corrected chi connectivity index (χ4v) is 1.35. The first-order valence-electron chi connectivity index (χ1n) is 5.32. The highest BCUT2D eigenvalue weighted by Gasteiger charge is 2.26. The molecule has 0 fully saturated rings. The summed E-state index contributed by atoms with van der Waals surface area (Å²) in [6.45, 7) is 1.40. The third kappa shape index (κ3) is 3.34. The maximum atomic E-state index is 11.8. The summed E-state index contributed by atoms with van der Waals surface area (Å²) in [4.78, 5) is 26.5. The number of carbonyl (C=O) groups is 1. The topological polar surface area (TPSA) is 126 Å². The number of oxime groups is 1. The zero-order valence-corrected chi connectivity index (χ0v) is 11.1. The van der Waals surface area contributed by atoms with E-state index >= 15 is 0 Å². The Balaban J connectivity index is 3.32. The zero-order valence-electron chi connectivity index (χ0n) is 11.1. The molecule has 1 aromatic carbocycles. The van der Waals surface area contributed by atoms with Crippen LogP contribution in [0.25, 0.3) is 0 Å². The zero-order chi connectivity index (χ0) is 15.3. The molecule has 0 aromatic heterocycles. The third-order valence-corrected chi connectivity index (χ3v) is 2.19. The molecule has 0 bridgehead atoms. The van der Waals surface area contributed by atoms with E-state index in [1.807, 2.05) is 0 Å². The molecule has 0 radical (unpaired) electrons. The minimum absolute atomic E-state index is 0.00137. The first-order chi connectivity index (χ1) is 9.40. The molecule has 0 aliphatic heterocycles. The van der Waals surface area contributed by atoms with E-state index in [0.29, 0.717) is 0 Å². The van der Waals surface area contributed by atoms with Crippen molar-refractivity contribution in [3.05, 3.63) is 27.8 Å². The van der Waals surface area contributed by atoms with Crippen LogP contribution in [0.2, 0.25) is 0 Å². The van der Waals surface area contributed by atoms with Gasteiger partial charge in [0.2, 0.25) is 0 Å². The van der Waals surface area contributed by atoms with Gasteiger partial charge in [-0.15, -0.1) is 0 Å². The predicted octanol–water partition coefficient (Wildman–Crippen LogP) is 1.06. The molecule has 20 heavy (non-hydrogen) atoms. The van der Waals surface area contributed by atoms with Crippen LogP contribution in [0.5, 0.6) is 11.5 Å². The van der Waals surface area contributed by atoms with Crippen LogP contribution in [-0.2, 0) is 4.84 Å². The number of nitrogens with zero attached hydrogens (tertiary/aromatic N) is 2. The van der Waals surface area contributed by atoms with Crippen molar-refractivity contribution in [2.45, 2.75) is 6.92 Å². The highest BCUT2D eigenvalue weighted by molar-refractivity contribution is 5.95. The van der Waals surface area contributed by atoms with Crippen molar-refractivity contribution < 1.29 is 24.0 Å². The fraction of sp³-hybridized carbons (Fsp3) is 0.273. The summed E-state index contributed by atoms with van der Waals surface area (Å²) >= 11 is 0. The molecule has 1 aromatic rings. The summed E-state index contributed by atoms with van der Waals surface area (Å²) in [5, 5.41) is 14.2. The smallest absolute Gasteiger partial charge is 0.372 e. The highest BCUT2D eigenvalue weighted by Crippen LogP contribution is 2.34. The number of nitrogens with two attached hydrogens (primary N) is 1. The minimum atomic E-state index is -1.03. The van der Waals surface area contributed by atoms with Crippen LogP contribution in [0, 0.1) is 10.1 Å². The van der Waals surface area contributed by atoms with E-state index in [4.69, 9.17) is 15.2 Å². The van der Waals surface area contributed by atoms with Crippen LogP contribution in [-0.4, -0.2) is 30.9 Å². The first-order valence-corrected chi connectivity index (χ1v) is 5.32. The second-order valence-electron chi connectivity index (χ2n) is 3.59. The van der Waals surface area contributed by atoms with Crippen molar-refractivity contribution in [3.63, 3.8) is 0 Å². The van der Waals surface area contributed by atoms with Crippen LogP contribution in [0.15, 0.2) is 17.3 Å². The number of hydrogen-bond donors (Lipinski definition) is 1. The highest BCUT2D eigenvalue weighted by atomic mass is 16.7. The SMILES string of the molecule is COc1cc(C(=O)O/N=C(/C)N)c([N+](=O)[O-])cc1OC. The summed E-state index contributed by atoms with van der Waals surface area (Å²) in [6.07, 6.45) is 0. The van der Waals surface area contributed by atoms with Crippen molar-refractivity contribution in [2.24, 2.45) is 10.9 Å². The quantitative estimate of drug-likeness (QED) is 0.281. The molecule has 0 saturated heterocycles. The summed E-state index contributed by atoms with van der Waals surface area (Å²) in [5.41, 5.74) is 4.40. The molecule has 0 heterocycles. The second kappa shape index (κ2) is 6.36. The molecule has 0 saturated carbocycles. The van der Waals surface area contributed by atoms with Gasteiger partial charge >= 0.3 is 5.97 Å². The maximum absolute atomic E-state index is 11.8. The molecular weight excluding hydrogens is 270 g/mol. The van der Waals surface area contributed by atoms with Crippen molar-refractivity contribution in [1.82, 2.24) is 0 Å². The molecule has 0 unspecified atom stereocenters. The number of hydrogen-bond acceptors (Lipinski definition) is 7. The number of amidine groups is 1. The minimum Gasteiger partial charge on any atom is -0.493 e. The number of carbonyl (C=O) groups excluding carboxylic acids is 1. The molecule has 0 atom stereocenters. The van der Waals surface area contributed by atoms with Gasteiger partial charge < -0.3 is 20.0 Å². The van der Waals surface area contributed by atoms with Crippen molar-refractivity contribution in [1.29, 1.82) is 0 Å². The van der Waals surface area contributed by atoms with Gasteiger partial charge in [-0.3, -0.25) is 10.1 Å². The number of ether oxygens (including phenoxy) is 2. The van der Waals surface area contributed by atoms with Crippen LogP contribution in [0.4, 0.5) is 5.69 Å². The Bertz CT molecular complexity index is 566. The Morgan fingerprint density at radius 3 is 2.30 bits per heavy atom. The lowest BCUT2D eigenvalue weighted by atomic mass is 10.1. The number of nitro groups is 1. The van der Waals surface area contributed by atoms with E-state index in [-0.39, 0.29) is 22.9 Å². The Morgan fingerprint density at radius 2 is 1.85 bits per heavy atom. The van der Waals surface area contributed by atoms with Crippen LogP contribution in [0.3, 0.4) is 0 Å². The van der Waals surface area contributed by atoms with Gasteiger partial charge in [-0.25, -0.2) is 4.79 Å². The average Bonchev–Trinajstić information content (AvgIpc) is 2.42. The average molecular weight is 283 g/mol. The molecule has 2 N–H and O–H groups in total. The van der Waals surface area contributed by atoms with Crippen molar-refractivity contribution in [3.8, 4) is 11.5 Å². The van der Waals surface area contributed by atoms with E-state index in [2.05, 4.69) is 9.99 Å². The monoisotopic (exact) mass is 283 g/mol. The molecule has 9 heteroatoms. The van der Waals surface area contributed by atoms with E-state index in [1.165, 1.54) is 21.1 Å². The van der Waals surface area contributed by atoms with Gasteiger partial charge in [0.15, 0.2) is 11.5 Å². The van der Waals surface area contributed by atoms with Gasteiger partial charge in [0, 0.05) is 6.07 Å². The van der Waals surface area contributed by atoms with Crippen LogP contribution >= 0.6 is 0 Å². The van der Waals surface area contributed by atoms with Gasteiger partial charge in [-0.05, 0) is 6.92 Å². The molecule has 0 aliphatic carbocycles. The first kappa shape index (κ1) is 15.2. The van der Waals surface area contributed by atoms with Crippen LogP contribution in [0.1, 0.15) is 17.3 Å². The maximum Gasteiger partial charge on any atom is 0.372 e. The summed E-state index contributed by atoms with van der Waals surface area (Å²) in [7, 11) is 2.66. The Labute approximate surface area is 114 Å². The number of nitro benzene ring substituents is 1.